The third-order valence-electron chi connectivity index (χ3n) is 5.23. The van der Waals surface area contributed by atoms with E-state index in [1.165, 1.54) is 10.6 Å². The fourth-order valence-electron chi connectivity index (χ4n) is 3.87. The van der Waals surface area contributed by atoms with Gasteiger partial charge in [-0.1, -0.05) is 12.5 Å². The molecule has 4 rings (SSSR count). The van der Waals surface area contributed by atoms with Crippen LogP contribution in [-0.2, 0) is 20.8 Å². The number of nitrogens with zero attached hydrogens (tertiary/aromatic N) is 1. The van der Waals surface area contributed by atoms with Crippen molar-refractivity contribution in [3.8, 4) is 5.88 Å². The van der Waals surface area contributed by atoms with E-state index in [0.29, 0.717) is 0 Å². The number of aliphatic hydroxyl groups is 1. The Balaban J connectivity index is 1.62. The third kappa shape index (κ3) is 3.14. The molecular weight excluding hydrogens is 372 g/mol. The Morgan fingerprint density at radius 3 is 2.74 bits per heavy atom. The van der Waals surface area contributed by atoms with Gasteiger partial charge >= 0.3 is 0 Å². The molecule has 1 spiro atoms. The summed E-state index contributed by atoms with van der Waals surface area (Å²) in [5.74, 6) is -0.898. The first-order valence-electron chi connectivity index (χ1n) is 9.03. The smallest absolute Gasteiger partial charge is 0.262 e. The van der Waals surface area contributed by atoms with Crippen molar-refractivity contribution in [1.82, 2.24) is 9.55 Å². The van der Waals surface area contributed by atoms with Crippen LogP contribution in [0, 0.1) is 4.77 Å². The van der Waals surface area contributed by atoms with Crippen molar-refractivity contribution in [2.45, 2.75) is 62.9 Å². The molecule has 1 saturated carbocycles. The lowest BCUT2D eigenvalue weighted by Crippen LogP contribution is -2.36. The van der Waals surface area contributed by atoms with Crippen LogP contribution in [0.25, 0.3) is 6.08 Å². The maximum Gasteiger partial charge on any atom is 0.262 e. The Hall–Kier alpha value is -1.94. The zero-order valence-corrected chi connectivity index (χ0v) is 15.5. The molecule has 3 aliphatic rings. The van der Waals surface area contributed by atoms with Gasteiger partial charge in [0.2, 0.25) is 12.2 Å². The van der Waals surface area contributed by atoms with Crippen LogP contribution in [0.1, 0.15) is 37.7 Å². The molecule has 0 aromatic carbocycles. The lowest BCUT2D eigenvalue weighted by molar-refractivity contribution is -0.226. The Morgan fingerprint density at radius 2 is 2.07 bits per heavy atom. The van der Waals surface area contributed by atoms with Gasteiger partial charge in [0.25, 0.3) is 5.56 Å². The second kappa shape index (κ2) is 6.90. The average molecular weight is 394 g/mol. The molecule has 8 nitrogen and oxygen atoms in total. The van der Waals surface area contributed by atoms with Crippen molar-refractivity contribution in [2.75, 3.05) is 0 Å². The molecular formula is C18H22N2O6S. The van der Waals surface area contributed by atoms with Crippen LogP contribution in [0.4, 0.5) is 0 Å². The van der Waals surface area contributed by atoms with Crippen LogP contribution in [0.5, 0.6) is 5.88 Å². The first-order chi connectivity index (χ1) is 12.9. The van der Waals surface area contributed by atoms with Crippen molar-refractivity contribution in [3.05, 3.63) is 39.1 Å². The van der Waals surface area contributed by atoms with Gasteiger partial charge in [0.15, 0.2) is 16.7 Å². The summed E-state index contributed by atoms with van der Waals surface area (Å²) >= 11 is 5.05. The van der Waals surface area contributed by atoms with Gasteiger partial charge in [0.1, 0.15) is 17.4 Å². The SMILES string of the molecule is C=CCn1c(O)c(C=C2O[C@@H]3OC4(CCCCC4)O[C@@H]3[C@H]2O)c(=O)[nH]c1=S. The van der Waals surface area contributed by atoms with E-state index >= 15 is 0 Å². The predicted molar refractivity (Wildman–Crippen MR) is 98.4 cm³/mol. The van der Waals surface area contributed by atoms with Crippen LogP contribution < -0.4 is 5.56 Å². The van der Waals surface area contributed by atoms with Crippen LogP contribution in [0.15, 0.2) is 23.2 Å². The molecule has 1 aromatic rings. The number of rotatable bonds is 3. The summed E-state index contributed by atoms with van der Waals surface area (Å²) < 4.78 is 19.1. The molecule has 9 heteroatoms. The highest BCUT2D eigenvalue weighted by atomic mass is 32.1. The van der Waals surface area contributed by atoms with E-state index in [1.54, 1.807) is 6.08 Å². The summed E-state index contributed by atoms with van der Waals surface area (Å²) in [6, 6.07) is 0. The lowest BCUT2D eigenvalue weighted by Gasteiger charge is -2.32. The van der Waals surface area contributed by atoms with Gasteiger partial charge in [-0.2, -0.15) is 0 Å². The van der Waals surface area contributed by atoms with Crippen LogP contribution in [-0.4, -0.2) is 44.0 Å². The maximum absolute atomic E-state index is 12.2. The average Bonchev–Trinajstić information content (AvgIpc) is 3.11. The molecule has 3 heterocycles. The number of nitrogens with one attached hydrogen (secondary N) is 1. The first kappa shape index (κ1) is 18.4. The van der Waals surface area contributed by atoms with E-state index in [-0.39, 0.29) is 28.5 Å². The second-order valence-electron chi connectivity index (χ2n) is 7.05. The van der Waals surface area contributed by atoms with Gasteiger partial charge in [-0.15, -0.1) is 6.58 Å². The predicted octanol–water partition coefficient (Wildman–Crippen LogP) is 1.93. The number of aromatic nitrogens is 2. The van der Waals surface area contributed by atoms with Crippen molar-refractivity contribution >= 4 is 18.3 Å². The number of aromatic amines is 1. The monoisotopic (exact) mass is 394 g/mol. The summed E-state index contributed by atoms with van der Waals surface area (Å²) in [5.41, 5.74) is -0.643. The van der Waals surface area contributed by atoms with Crippen LogP contribution in [0.2, 0.25) is 0 Å². The highest BCUT2D eigenvalue weighted by Gasteiger charge is 2.56. The minimum atomic E-state index is -1.09. The molecule has 3 N–H and O–H groups in total. The Labute approximate surface area is 160 Å². The van der Waals surface area contributed by atoms with Gasteiger partial charge in [0.05, 0.1) is 0 Å². The minimum absolute atomic E-state index is 0.0631. The number of fused-ring (bicyclic) bond motifs is 1. The Kier molecular flexibility index (Phi) is 4.71. The number of aromatic hydroxyl groups is 1. The highest BCUT2D eigenvalue weighted by molar-refractivity contribution is 7.71. The summed E-state index contributed by atoms with van der Waals surface area (Å²) in [7, 11) is 0. The first-order valence-corrected chi connectivity index (χ1v) is 9.44. The van der Waals surface area contributed by atoms with Gasteiger partial charge in [-0.05, 0) is 31.1 Å². The second-order valence-corrected chi connectivity index (χ2v) is 7.43. The van der Waals surface area contributed by atoms with Gasteiger partial charge in [0, 0.05) is 19.4 Å². The van der Waals surface area contributed by atoms with E-state index in [4.69, 9.17) is 26.4 Å². The molecule has 3 fully saturated rings. The van der Waals surface area contributed by atoms with Crippen LogP contribution >= 0.6 is 12.2 Å². The van der Waals surface area contributed by atoms with Crippen LogP contribution in [0.3, 0.4) is 0 Å². The summed E-state index contributed by atoms with van der Waals surface area (Å²) in [5, 5.41) is 21.0. The lowest BCUT2D eigenvalue weighted by atomic mass is 9.94. The number of hydrogen-bond donors (Lipinski definition) is 3. The normalized spacial score (nSPS) is 30.4. The van der Waals surface area contributed by atoms with E-state index in [1.807, 2.05) is 0 Å². The number of aliphatic hydroxyl groups excluding tert-OH is 1. The Morgan fingerprint density at radius 1 is 1.33 bits per heavy atom. The zero-order valence-electron chi connectivity index (χ0n) is 14.7. The largest absolute Gasteiger partial charge is 0.494 e. The quantitative estimate of drug-likeness (QED) is 0.531. The van der Waals surface area contributed by atoms with Gasteiger partial charge in [-0.25, -0.2) is 0 Å². The molecule has 27 heavy (non-hydrogen) atoms. The molecule has 3 atom stereocenters. The molecule has 1 aliphatic carbocycles. The van der Waals surface area contributed by atoms with Crippen molar-refractivity contribution < 1.29 is 24.4 Å². The maximum atomic E-state index is 12.2. The van der Waals surface area contributed by atoms with E-state index in [0.717, 1.165) is 32.1 Å². The summed E-state index contributed by atoms with van der Waals surface area (Å²) in [6.07, 6.45) is 5.08. The topological polar surface area (TPSA) is 106 Å². The molecule has 0 amide bonds. The summed E-state index contributed by atoms with van der Waals surface area (Å²) in [4.78, 5) is 14.7. The minimum Gasteiger partial charge on any atom is -0.494 e. The molecule has 0 unspecified atom stereocenters. The van der Waals surface area contributed by atoms with E-state index in [9.17, 15) is 15.0 Å². The molecule has 0 radical (unpaired) electrons. The molecule has 2 saturated heterocycles. The zero-order chi connectivity index (χ0) is 19.2. The molecule has 1 aromatic heterocycles. The Bertz CT molecular complexity index is 898. The number of hydrogen-bond acceptors (Lipinski definition) is 7. The number of allylic oxidation sites excluding steroid dienone is 1. The van der Waals surface area contributed by atoms with Gasteiger partial charge in [-0.3, -0.25) is 14.3 Å². The van der Waals surface area contributed by atoms with Gasteiger partial charge < -0.3 is 24.4 Å². The summed E-state index contributed by atoms with van der Waals surface area (Å²) in [6.45, 7) is 3.83. The van der Waals surface area contributed by atoms with Crippen molar-refractivity contribution in [2.24, 2.45) is 0 Å². The van der Waals surface area contributed by atoms with E-state index in [2.05, 4.69) is 11.6 Å². The van der Waals surface area contributed by atoms with Crippen molar-refractivity contribution in [1.29, 1.82) is 0 Å². The van der Waals surface area contributed by atoms with E-state index < -0.39 is 29.8 Å². The number of H-pyrrole nitrogens is 1. The standard InChI is InChI=1S/C18H22N2O6S/c1-2-8-20-15(23)10(14(22)19-17(20)27)9-11-12(21)13-16(24-11)26-18(25-13)6-4-3-5-7-18/h2,9,12-13,16,21,23H,1,3-8H2,(H,19,22,27)/t12-,13+,16+/m0/s1. The van der Waals surface area contributed by atoms with Crippen molar-refractivity contribution in [3.63, 3.8) is 0 Å². The molecule has 2 aliphatic heterocycles. The fraction of sp³-hybridized carbons (Fsp3) is 0.556. The number of ether oxygens (including phenoxy) is 3. The fourth-order valence-corrected chi connectivity index (χ4v) is 4.13. The molecule has 0 bridgehead atoms. The highest BCUT2D eigenvalue weighted by Crippen LogP contribution is 2.46. The molecule has 146 valence electrons. The third-order valence-corrected chi connectivity index (χ3v) is 5.55.